The van der Waals surface area contributed by atoms with Crippen LogP contribution in [0.15, 0.2) is 30.3 Å². The molecule has 0 heterocycles. The first-order valence-corrected chi connectivity index (χ1v) is 7.89. The molecule has 0 atom stereocenters. The fraction of sp³-hybridized carbons (Fsp3) is 0.529. The van der Waals surface area contributed by atoms with Crippen LogP contribution in [0.25, 0.3) is 0 Å². The maximum atomic E-state index is 11.8. The first kappa shape index (κ1) is 21.4. The van der Waals surface area contributed by atoms with Crippen molar-refractivity contribution in [1.29, 1.82) is 0 Å². The average molecular weight is 342 g/mol. The van der Waals surface area contributed by atoms with Gasteiger partial charge in [-0.1, -0.05) is 32.0 Å². The van der Waals surface area contributed by atoms with Gasteiger partial charge in [0, 0.05) is 30.6 Å². The molecule has 4 N–H and O–H groups in total. The van der Waals surface area contributed by atoms with Crippen LogP contribution in [0.4, 0.5) is 0 Å². The Labute approximate surface area is 144 Å². The van der Waals surface area contributed by atoms with Gasteiger partial charge in [-0.3, -0.25) is 9.59 Å². The smallest absolute Gasteiger partial charge is 0.251 e. The number of hydrogen-bond acceptors (Lipinski definition) is 3. The van der Waals surface area contributed by atoms with Gasteiger partial charge in [-0.2, -0.15) is 0 Å². The fourth-order valence-electron chi connectivity index (χ4n) is 2.01. The normalized spacial score (nSPS) is 10.6. The van der Waals surface area contributed by atoms with Gasteiger partial charge in [0.25, 0.3) is 5.91 Å². The summed E-state index contributed by atoms with van der Waals surface area (Å²) in [5.41, 5.74) is 6.44. The minimum absolute atomic E-state index is 0. The highest BCUT2D eigenvalue weighted by Crippen LogP contribution is 2.09. The van der Waals surface area contributed by atoms with Gasteiger partial charge in [-0.15, -0.1) is 12.4 Å². The first-order valence-electron chi connectivity index (χ1n) is 7.89. The van der Waals surface area contributed by atoms with E-state index in [9.17, 15) is 9.59 Å². The van der Waals surface area contributed by atoms with Gasteiger partial charge >= 0.3 is 0 Å². The van der Waals surface area contributed by atoms with Gasteiger partial charge in [-0.05, 0) is 31.4 Å². The second kappa shape index (κ2) is 11.0. The summed E-state index contributed by atoms with van der Waals surface area (Å²) < 4.78 is 0. The van der Waals surface area contributed by atoms with Crippen molar-refractivity contribution in [1.82, 2.24) is 10.6 Å². The molecule has 0 spiro atoms. The van der Waals surface area contributed by atoms with E-state index in [1.54, 1.807) is 12.1 Å². The van der Waals surface area contributed by atoms with Crippen LogP contribution >= 0.6 is 12.4 Å². The second-order valence-corrected chi connectivity index (χ2v) is 5.57. The zero-order valence-corrected chi connectivity index (χ0v) is 14.7. The molecular formula is C17H28ClN3O2. The molecule has 2 amide bonds. The van der Waals surface area contributed by atoms with Crippen molar-refractivity contribution in [3.05, 3.63) is 35.9 Å². The monoisotopic (exact) mass is 341 g/mol. The summed E-state index contributed by atoms with van der Waals surface area (Å²) in [6.45, 7) is 5.02. The third kappa shape index (κ3) is 8.00. The highest BCUT2D eigenvalue weighted by molar-refractivity contribution is 5.94. The lowest BCUT2D eigenvalue weighted by Crippen LogP contribution is -2.49. The van der Waals surface area contributed by atoms with Crippen molar-refractivity contribution in [3.63, 3.8) is 0 Å². The molecule has 0 bridgehead atoms. The molecule has 0 aliphatic rings. The molecule has 23 heavy (non-hydrogen) atoms. The number of nitrogens with two attached hydrogens (primary N) is 1. The predicted octanol–water partition coefficient (Wildman–Crippen LogP) is 2.25. The summed E-state index contributed by atoms with van der Waals surface area (Å²) >= 11 is 0. The van der Waals surface area contributed by atoms with Gasteiger partial charge in [0.05, 0.1) is 0 Å². The van der Waals surface area contributed by atoms with Crippen molar-refractivity contribution in [3.8, 4) is 0 Å². The number of amides is 2. The van der Waals surface area contributed by atoms with Crippen LogP contribution in [0, 0.1) is 0 Å². The van der Waals surface area contributed by atoms with E-state index in [1.165, 1.54) is 0 Å². The number of carbonyl (C=O) groups excluding carboxylic acids is 2. The molecule has 5 nitrogen and oxygen atoms in total. The van der Waals surface area contributed by atoms with Crippen LogP contribution in [0.3, 0.4) is 0 Å². The molecule has 0 aliphatic heterocycles. The maximum absolute atomic E-state index is 11.8. The second-order valence-electron chi connectivity index (χ2n) is 5.57. The van der Waals surface area contributed by atoms with Crippen molar-refractivity contribution in [2.75, 3.05) is 13.1 Å². The Morgan fingerprint density at radius 3 is 2.26 bits per heavy atom. The molecule has 0 saturated carbocycles. The molecule has 130 valence electrons. The molecule has 1 rings (SSSR count). The van der Waals surface area contributed by atoms with E-state index >= 15 is 0 Å². The van der Waals surface area contributed by atoms with Crippen LogP contribution in [0.1, 0.15) is 49.9 Å². The Morgan fingerprint density at radius 1 is 1.09 bits per heavy atom. The number of hydrogen-bond donors (Lipinski definition) is 3. The standard InChI is InChI=1S/C17H27N3O2.ClH/c1-3-17(18,4-2)13-20-15(21)11-8-12-19-16(22)14-9-6-5-7-10-14;/h5-7,9-10H,3-4,8,11-13,18H2,1-2H3,(H,19,22)(H,20,21);1H. The molecule has 0 unspecified atom stereocenters. The van der Waals surface area contributed by atoms with Crippen LogP contribution in [0.5, 0.6) is 0 Å². The van der Waals surface area contributed by atoms with E-state index in [-0.39, 0.29) is 29.8 Å². The molecule has 0 radical (unpaired) electrons. The Balaban J connectivity index is 0.00000484. The molecule has 0 aliphatic carbocycles. The molecular weight excluding hydrogens is 314 g/mol. The zero-order chi connectivity index (χ0) is 16.4. The first-order chi connectivity index (χ1) is 10.5. The van der Waals surface area contributed by atoms with E-state index in [1.807, 2.05) is 32.0 Å². The van der Waals surface area contributed by atoms with Crippen molar-refractivity contribution < 1.29 is 9.59 Å². The van der Waals surface area contributed by atoms with Gasteiger partial charge in [0.1, 0.15) is 0 Å². The van der Waals surface area contributed by atoms with Crippen LogP contribution in [-0.4, -0.2) is 30.4 Å². The van der Waals surface area contributed by atoms with E-state index in [4.69, 9.17) is 5.73 Å². The largest absolute Gasteiger partial charge is 0.354 e. The minimum atomic E-state index is -0.322. The summed E-state index contributed by atoms with van der Waals surface area (Å²) in [6, 6.07) is 9.04. The fourth-order valence-corrected chi connectivity index (χ4v) is 2.01. The highest BCUT2D eigenvalue weighted by Gasteiger charge is 2.20. The quantitative estimate of drug-likeness (QED) is 0.602. The minimum Gasteiger partial charge on any atom is -0.354 e. The van der Waals surface area contributed by atoms with Crippen molar-refractivity contribution in [2.24, 2.45) is 5.73 Å². The van der Waals surface area contributed by atoms with Gasteiger partial charge < -0.3 is 16.4 Å². The summed E-state index contributed by atoms with van der Waals surface area (Å²) in [6.07, 6.45) is 2.66. The number of halogens is 1. The Morgan fingerprint density at radius 2 is 1.70 bits per heavy atom. The summed E-state index contributed by atoms with van der Waals surface area (Å²) in [5, 5.41) is 5.67. The zero-order valence-electron chi connectivity index (χ0n) is 13.9. The molecule has 1 aromatic carbocycles. The van der Waals surface area contributed by atoms with E-state index in [0.29, 0.717) is 31.5 Å². The Hall–Kier alpha value is -1.59. The third-order valence-electron chi connectivity index (χ3n) is 3.95. The lowest BCUT2D eigenvalue weighted by Gasteiger charge is -2.26. The Kier molecular flexibility index (Phi) is 10.3. The third-order valence-corrected chi connectivity index (χ3v) is 3.95. The predicted molar refractivity (Wildman–Crippen MR) is 95.8 cm³/mol. The number of benzene rings is 1. The molecule has 0 saturated heterocycles. The van der Waals surface area contributed by atoms with Crippen LogP contribution < -0.4 is 16.4 Å². The van der Waals surface area contributed by atoms with E-state index < -0.39 is 0 Å². The summed E-state index contributed by atoms with van der Waals surface area (Å²) in [7, 11) is 0. The highest BCUT2D eigenvalue weighted by atomic mass is 35.5. The lowest BCUT2D eigenvalue weighted by atomic mass is 9.94. The van der Waals surface area contributed by atoms with Gasteiger partial charge in [-0.25, -0.2) is 0 Å². The number of nitrogens with one attached hydrogen (secondary N) is 2. The maximum Gasteiger partial charge on any atom is 0.251 e. The molecule has 0 aromatic heterocycles. The number of carbonyl (C=O) groups is 2. The summed E-state index contributed by atoms with van der Waals surface area (Å²) in [4.78, 5) is 23.6. The SMILES string of the molecule is CCC(N)(CC)CNC(=O)CCCNC(=O)c1ccccc1.Cl. The lowest BCUT2D eigenvalue weighted by molar-refractivity contribution is -0.121. The van der Waals surface area contributed by atoms with Crippen molar-refractivity contribution >= 4 is 24.2 Å². The van der Waals surface area contributed by atoms with Crippen LogP contribution in [0.2, 0.25) is 0 Å². The molecule has 6 heteroatoms. The van der Waals surface area contributed by atoms with Gasteiger partial charge in [0.15, 0.2) is 0 Å². The summed E-state index contributed by atoms with van der Waals surface area (Å²) in [5.74, 6) is -0.135. The average Bonchev–Trinajstić information content (AvgIpc) is 2.57. The number of rotatable bonds is 9. The van der Waals surface area contributed by atoms with Crippen molar-refractivity contribution in [2.45, 2.75) is 45.1 Å². The topological polar surface area (TPSA) is 84.2 Å². The molecule has 0 fully saturated rings. The van der Waals surface area contributed by atoms with E-state index in [2.05, 4.69) is 10.6 Å². The van der Waals surface area contributed by atoms with E-state index in [0.717, 1.165) is 12.8 Å². The van der Waals surface area contributed by atoms with Crippen LogP contribution in [-0.2, 0) is 4.79 Å². The van der Waals surface area contributed by atoms with Gasteiger partial charge in [0.2, 0.25) is 5.91 Å². The Bertz CT molecular complexity index is 476. The molecule has 1 aromatic rings.